The van der Waals surface area contributed by atoms with Crippen LogP contribution in [0.3, 0.4) is 0 Å². The van der Waals surface area contributed by atoms with E-state index in [1.165, 1.54) is 25.7 Å². The van der Waals surface area contributed by atoms with E-state index in [0.717, 1.165) is 17.3 Å². The van der Waals surface area contributed by atoms with Crippen LogP contribution in [0.15, 0.2) is 24.3 Å². The zero-order valence-corrected chi connectivity index (χ0v) is 12.2. The van der Waals surface area contributed by atoms with Crippen LogP contribution in [-0.4, -0.2) is 19.2 Å². The molecule has 0 aliphatic heterocycles. The summed E-state index contributed by atoms with van der Waals surface area (Å²) in [6, 6.07) is 8.06. The summed E-state index contributed by atoms with van der Waals surface area (Å²) in [6.07, 6.45) is 5.16. The molecule has 18 heavy (non-hydrogen) atoms. The molecule has 0 aliphatic carbocycles. The summed E-state index contributed by atoms with van der Waals surface area (Å²) in [5.41, 5.74) is 0. The predicted molar refractivity (Wildman–Crippen MR) is 78.6 cm³/mol. The summed E-state index contributed by atoms with van der Waals surface area (Å²) >= 11 is 5.81. The molecule has 0 radical (unpaired) electrons. The van der Waals surface area contributed by atoms with Crippen molar-refractivity contribution < 1.29 is 4.74 Å². The van der Waals surface area contributed by atoms with Gasteiger partial charge in [0.15, 0.2) is 0 Å². The van der Waals surface area contributed by atoms with Crippen LogP contribution in [-0.2, 0) is 0 Å². The highest BCUT2D eigenvalue weighted by Crippen LogP contribution is 2.15. The number of benzene rings is 1. The lowest BCUT2D eigenvalue weighted by molar-refractivity contribution is 0.304. The van der Waals surface area contributed by atoms with Crippen LogP contribution in [0.4, 0.5) is 0 Å². The van der Waals surface area contributed by atoms with Crippen LogP contribution in [0.25, 0.3) is 0 Å². The van der Waals surface area contributed by atoms with Crippen LogP contribution < -0.4 is 10.1 Å². The first kappa shape index (κ1) is 15.3. The van der Waals surface area contributed by atoms with Gasteiger partial charge in [-0.05, 0) is 37.6 Å². The number of unbranched alkanes of at least 4 members (excludes halogenated alkanes) is 2. The third-order valence-corrected chi connectivity index (χ3v) is 3.17. The van der Waals surface area contributed by atoms with Gasteiger partial charge in [-0.25, -0.2) is 0 Å². The van der Waals surface area contributed by atoms with Gasteiger partial charge < -0.3 is 10.1 Å². The fraction of sp³-hybridized carbons (Fsp3) is 0.600. The summed E-state index contributed by atoms with van der Waals surface area (Å²) in [4.78, 5) is 0. The van der Waals surface area contributed by atoms with E-state index in [4.69, 9.17) is 16.3 Å². The SMILES string of the molecule is CCCCCC(C)NCCOc1ccc(Cl)cc1. The summed E-state index contributed by atoms with van der Waals surface area (Å²) in [5, 5.41) is 4.21. The third-order valence-electron chi connectivity index (χ3n) is 2.92. The molecular weight excluding hydrogens is 246 g/mol. The zero-order chi connectivity index (χ0) is 13.2. The van der Waals surface area contributed by atoms with Crippen molar-refractivity contribution in [3.05, 3.63) is 29.3 Å². The molecule has 1 atom stereocenters. The number of nitrogens with one attached hydrogen (secondary N) is 1. The Hall–Kier alpha value is -0.730. The van der Waals surface area contributed by atoms with E-state index in [2.05, 4.69) is 19.2 Å². The predicted octanol–water partition coefficient (Wildman–Crippen LogP) is 4.28. The normalized spacial score (nSPS) is 12.4. The second-order valence-electron chi connectivity index (χ2n) is 4.65. The van der Waals surface area contributed by atoms with Gasteiger partial charge in [0.2, 0.25) is 0 Å². The molecule has 0 aliphatic rings. The van der Waals surface area contributed by atoms with Crippen LogP contribution in [0.1, 0.15) is 39.5 Å². The first-order valence-electron chi connectivity index (χ1n) is 6.84. The molecular formula is C15H24ClNO. The van der Waals surface area contributed by atoms with Crippen molar-refractivity contribution in [2.24, 2.45) is 0 Å². The van der Waals surface area contributed by atoms with Crippen LogP contribution in [0.2, 0.25) is 5.02 Å². The van der Waals surface area contributed by atoms with Gasteiger partial charge in [0.25, 0.3) is 0 Å². The van der Waals surface area contributed by atoms with Crippen molar-refractivity contribution >= 4 is 11.6 Å². The molecule has 0 fully saturated rings. The minimum Gasteiger partial charge on any atom is -0.492 e. The molecule has 1 N–H and O–H groups in total. The summed E-state index contributed by atoms with van der Waals surface area (Å²) < 4.78 is 5.62. The molecule has 0 amide bonds. The van der Waals surface area contributed by atoms with Crippen molar-refractivity contribution in [3.8, 4) is 5.75 Å². The Morgan fingerprint density at radius 2 is 1.94 bits per heavy atom. The molecule has 2 nitrogen and oxygen atoms in total. The van der Waals surface area contributed by atoms with Gasteiger partial charge in [-0.2, -0.15) is 0 Å². The van der Waals surface area contributed by atoms with Gasteiger partial charge in [-0.3, -0.25) is 0 Å². The minimum absolute atomic E-state index is 0.574. The van der Waals surface area contributed by atoms with E-state index >= 15 is 0 Å². The molecule has 1 aromatic carbocycles. The van der Waals surface area contributed by atoms with E-state index in [1.807, 2.05) is 24.3 Å². The Kier molecular flexibility index (Phi) is 7.86. The van der Waals surface area contributed by atoms with Crippen molar-refractivity contribution in [2.75, 3.05) is 13.2 Å². The molecule has 0 bridgehead atoms. The highest BCUT2D eigenvalue weighted by Gasteiger charge is 2.00. The van der Waals surface area contributed by atoms with Gasteiger partial charge in [0, 0.05) is 17.6 Å². The first-order valence-corrected chi connectivity index (χ1v) is 7.22. The molecule has 0 heterocycles. The molecule has 1 unspecified atom stereocenters. The Labute approximate surface area is 116 Å². The lowest BCUT2D eigenvalue weighted by Crippen LogP contribution is -2.30. The largest absolute Gasteiger partial charge is 0.492 e. The Morgan fingerprint density at radius 3 is 2.61 bits per heavy atom. The van der Waals surface area contributed by atoms with Gasteiger partial charge in [0.1, 0.15) is 12.4 Å². The van der Waals surface area contributed by atoms with Gasteiger partial charge in [-0.1, -0.05) is 37.8 Å². The van der Waals surface area contributed by atoms with E-state index in [1.54, 1.807) is 0 Å². The standard InChI is InChI=1S/C15H24ClNO/c1-3-4-5-6-13(2)17-11-12-18-15-9-7-14(16)8-10-15/h7-10,13,17H,3-6,11-12H2,1-2H3. The first-order chi connectivity index (χ1) is 8.72. The maximum atomic E-state index is 5.81. The van der Waals surface area contributed by atoms with Crippen LogP contribution in [0.5, 0.6) is 5.75 Å². The molecule has 1 rings (SSSR count). The smallest absolute Gasteiger partial charge is 0.119 e. The Bertz CT molecular complexity index is 313. The van der Waals surface area contributed by atoms with Crippen molar-refractivity contribution in [1.82, 2.24) is 5.32 Å². The van der Waals surface area contributed by atoms with E-state index in [-0.39, 0.29) is 0 Å². The summed E-state index contributed by atoms with van der Waals surface area (Å²) in [5.74, 6) is 0.875. The van der Waals surface area contributed by atoms with Crippen LogP contribution in [0, 0.1) is 0 Å². The second-order valence-corrected chi connectivity index (χ2v) is 5.09. The molecule has 102 valence electrons. The van der Waals surface area contributed by atoms with E-state index in [9.17, 15) is 0 Å². The highest BCUT2D eigenvalue weighted by molar-refractivity contribution is 6.30. The quantitative estimate of drug-likeness (QED) is 0.676. The fourth-order valence-corrected chi connectivity index (χ4v) is 1.93. The molecule has 0 saturated heterocycles. The van der Waals surface area contributed by atoms with E-state index in [0.29, 0.717) is 12.6 Å². The number of rotatable bonds is 9. The minimum atomic E-state index is 0.574. The Morgan fingerprint density at radius 1 is 1.22 bits per heavy atom. The average molecular weight is 270 g/mol. The van der Waals surface area contributed by atoms with Crippen molar-refractivity contribution in [3.63, 3.8) is 0 Å². The van der Waals surface area contributed by atoms with Gasteiger partial charge in [-0.15, -0.1) is 0 Å². The molecule has 0 spiro atoms. The summed E-state index contributed by atoms with van der Waals surface area (Å²) in [6.45, 7) is 6.05. The Balaban J connectivity index is 2.05. The lowest BCUT2D eigenvalue weighted by atomic mass is 10.1. The van der Waals surface area contributed by atoms with E-state index < -0.39 is 0 Å². The summed E-state index contributed by atoms with van der Waals surface area (Å²) in [7, 11) is 0. The molecule has 1 aromatic rings. The number of ether oxygens (including phenoxy) is 1. The maximum Gasteiger partial charge on any atom is 0.119 e. The van der Waals surface area contributed by atoms with Crippen molar-refractivity contribution in [2.45, 2.75) is 45.6 Å². The highest BCUT2D eigenvalue weighted by atomic mass is 35.5. The van der Waals surface area contributed by atoms with Gasteiger partial charge in [0.05, 0.1) is 0 Å². The molecule has 3 heteroatoms. The second kappa shape index (κ2) is 9.23. The maximum absolute atomic E-state index is 5.81. The monoisotopic (exact) mass is 269 g/mol. The van der Waals surface area contributed by atoms with Gasteiger partial charge >= 0.3 is 0 Å². The van der Waals surface area contributed by atoms with Crippen LogP contribution >= 0.6 is 11.6 Å². The van der Waals surface area contributed by atoms with Crippen molar-refractivity contribution in [1.29, 1.82) is 0 Å². The number of hydrogen-bond donors (Lipinski definition) is 1. The zero-order valence-electron chi connectivity index (χ0n) is 11.4. The molecule has 0 aromatic heterocycles. The number of hydrogen-bond acceptors (Lipinski definition) is 2. The third kappa shape index (κ3) is 6.87. The lowest BCUT2D eigenvalue weighted by Gasteiger charge is -2.14. The number of halogens is 1. The average Bonchev–Trinajstić information content (AvgIpc) is 2.37. The fourth-order valence-electron chi connectivity index (χ4n) is 1.81. The topological polar surface area (TPSA) is 21.3 Å². The molecule has 0 saturated carbocycles.